The average molecular weight is 526 g/mol. The number of rotatable bonds is 11. The number of aliphatic hydroxyl groups excluding tert-OH is 1. The van der Waals surface area contributed by atoms with Crippen LogP contribution in [0.5, 0.6) is 0 Å². The average Bonchev–Trinajstić information content (AvgIpc) is 2.95. The van der Waals surface area contributed by atoms with Crippen LogP contribution in [0.3, 0.4) is 0 Å². The number of hydrogen-bond donors (Lipinski definition) is 5. The third kappa shape index (κ3) is 7.42. The first-order valence-electron chi connectivity index (χ1n) is 12.8. The van der Waals surface area contributed by atoms with Gasteiger partial charge in [0.1, 0.15) is 5.56 Å². The molecule has 0 bridgehead atoms. The first kappa shape index (κ1) is 27.3. The van der Waals surface area contributed by atoms with E-state index >= 15 is 0 Å². The molecule has 0 saturated heterocycles. The van der Waals surface area contributed by atoms with E-state index in [0.717, 1.165) is 33.6 Å². The molecular weight excluding hydrogens is 490 g/mol. The molecule has 0 heterocycles. The summed E-state index contributed by atoms with van der Waals surface area (Å²) >= 11 is 4.35. The molecule has 0 aromatic heterocycles. The zero-order valence-corrected chi connectivity index (χ0v) is 22.3. The van der Waals surface area contributed by atoms with E-state index in [1.54, 1.807) is 0 Å². The number of carbonyl (C=O) groups excluding carboxylic acids is 1. The van der Waals surface area contributed by atoms with Gasteiger partial charge in [0.05, 0.1) is 0 Å². The number of carbonyl (C=O) groups is 1. The van der Waals surface area contributed by atoms with Crippen LogP contribution in [-0.2, 0) is 12.8 Å². The molecule has 0 aliphatic rings. The minimum absolute atomic E-state index is 0.0480. The standard InChI is InChI=1S/C32H33N3O2S/c33-31(34)27-8-4-7-23(19-27)20-28(21-36)30(18-9-22-5-2-1-3-6-22)35-32(37)26-12-10-24(11-13-26)25-14-16-29(38)17-15-25/h1-8,10-17,19,28,30,36,38H,9,18,20-21H2,(H3,33,34)(H,35,37)/p+2. The van der Waals surface area contributed by atoms with E-state index in [4.69, 9.17) is 5.41 Å². The highest BCUT2D eigenvalue weighted by Crippen LogP contribution is 2.22. The van der Waals surface area contributed by atoms with E-state index in [1.807, 2.05) is 91.0 Å². The number of aryl methyl sites for hydroxylation is 1. The summed E-state index contributed by atoms with van der Waals surface area (Å²) in [6, 6.07) is 33.4. The normalized spacial score (nSPS) is 12.5. The minimum atomic E-state index is -0.222. The van der Waals surface area contributed by atoms with E-state index in [1.165, 1.54) is 5.56 Å². The number of hydrogen-bond acceptors (Lipinski definition) is 3. The van der Waals surface area contributed by atoms with Crippen molar-refractivity contribution in [2.24, 2.45) is 5.92 Å². The molecule has 0 fully saturated rings. The molecule has 4 aromatic rings. The first-order chi connectivity index (χ1) is 18.4. The van der Waals surface area contributed by atoms with Crippen molar-refractivity contribution in [2.45, 2.75) is 30.2 Å². The van der Waals surface area contributed by atoms with Gasteiger partial charge in [-0.15, -0.1) is 12.6 Å². The molecule has 1 amide bonds. The Kier molecular flexibility index (Phi) is 9.49. The summed E-state index contributed by atoms with van der Waals surface area (Å²) in [5, 5.41) is 19.5. The van der Waals surface area contributed by atoms with Crippen LogP contribution in [0, 0.1) is 5.92 Å². The second-order valence-corrected chi connectivity index (χ2v) is 10.1. The summed E-state index contributed by atoms with van der Waals surface area (Å²) in [6.45, 7) is -0.0480. The number of amidine groups is 1. The quantitative estimate of drug-likeness (QED) is 0.118. The fourth-order valence-electron chi connectivity index (χ4n) is 4.65. The number of aliphatic hydroxyl groups is 1. The Bertz CT molecular complexity index is 1360. The maximum atomic E-state index is 13.3. The first-order valence-corrected chi connectivity index (χ1v) is 13.3. The van der Waals surface area contributed by atoms with E-state index in [9.17, 15) is 9.90 Å². The van der Waals surface area contributed by atoms with Crippen molar-refractivity contribution in [3.63, 3.8) is 0 Å². The molecule has 194 valence electrons. The van der Waals surface area contributed by atoms with Crippen LogP contribution in [0.2, 0.25) is 0 Å². The molecule has 0 saturated carbocycles. The second kappa shape index (κ2) is 13.2. The van der Waals surface area contributed by atoms with Gasteiger partial charge in [-0.25, -0.2) is 5.41 Å². The van der Waals surface area contributed by atoms with E-state index in [2.05, 4.69) is 35.8 Å². The molecule has 4 aromatic carbocycles. The molecule has 5 nitrogen and oxygen atoms in total. The predicted octanol–water partition coefficient (Wildman–Crippen LogP) is 2.97. The van der Waals surface area contributed by atoms with Crippen LogP contribution in [0.1, 0.15) is 33.5 Å². The van der Waals surface area contributed by atoms with Gasteiger partial charge in [-0.3, -0.25) is 10.5 Å². The number of quaternary nitrogens is 1. The lowest BCUT2D eigenvalue weighted by molar-refractivity contribution is -0.298. The number of nitrogens with two attached hydrogens (primary N) is 1. The third-order valence-corrected chi connectivity index (χ3v) is 7.15. The number of nitrogens with one attached hydrogen (secondary N) is 1. The van der Waals surface area contributed by atoms with Crippen LogP contribution in [0.15, 0.2) is 108 Å². The molecule has 0 radical (unpaired) electrons. The van der Waals surface area contributed by atoms with Gasteiger partial charge in [0, 0.05) is 29.0 Å². The lowest BCUT2D eigenvalue weighted by Gasteiger charge is -2.27. The van der Waals surface area contributed by atoms with Gasteiger partial charge < -0.3 is 10.4 Å². The molecule has 38 heavy (non-hydrogen) atoms. The van der Waals surface area contributed by atoms with Crippen LogP contribution >= 0.6 is 12.6 Å². The van der Waals surface area contributed by atoms with Gasteiger partial charge >= 0.3 is 5.84 Å². The molecule has 4 rings (SSSR count). The predicted molar refractivity (Wildman–Crippen MR) is 155 cm³/mol. The highest BCUT2D eigenvalue weighted by Gasteiger charge is 2.24. The Labute approximate surface area is 229 Å². The van der Waals surface area contributed by atoms with Gasteiger partial charge in [-0.05, 0) is 77.9 Å². The summed E-state index contributed by atoms with van der Waals surface area (Å²) in [5.41, 5.74) is 9.63. The highest BCUT2D eigenvalue weighted by atomic mass is 32.1. The molecular formula is C32H35N3O2S+2. The van der Waals surface area contributed by atoms with Crippen LogP contribution in [-0.4, -0.2) is 29.5 Å². The molecule has 2 unspecified atom stereocenters. The second-order valence-electron chi connectivity index (χ2n) is 9.60. The van der Waals surface area contributed by atoms with Gasteiger partial charge in [0.15, 0.2) is 0 Å². The number of benzene rings is 4. The van der Waals surface area contributed by atoms with Crippen molar-refractivity contribution in [1.82, 2.24) is 5.32 Å². The topological polar surface area (TPSA) is 103 Å². The van der Waals surface area contributed by atoms with E-state index in [0.29, 0.717) is 24.2 Å². The Hall–Kier alpha value is -3.71. The summed E-state index contributed by atoms with van der Waals surface area (Å²) in [7, 11) is 0. The zero-order chi connectivity index (χ0) is 26.9. The molecule has 0 aliphatic heterocycles. The van der Waals surface area contributed by atoms with E-state index < -0.39 is 0 Å². The summed E-state index contributed by atoms with van der Waals surface area (Å²) < 4.78 is 0. The SMILES string of the molecule is [NH2+]=C([NH3+])c1cccc(CC(CO)C(CCc2ccccc2)NC(=O)c2ccc(-c3ccc(S)cc3)cc2)c1. The van der Waals surface area contributed by atoms with Gasteiger partial charge in [0.25, 0.3) is 5.91 Å². The molecule has 0 aliphatic carbocycles. The van der Waals surface area contributed by atoms with Crippen molar-refractivity contribution in [1.29, 1.82) is 0 Å². The summed E-state index contributed by atoms with van der Waals surface area (Å²) in [4.78, 5) is 14.3. The Morgan fingerprint density at radius 3 is 2.11 bits per heavy atom. The fraction of sp³-hybridized carbons (Fsp3) is 0.188. The van der Waals surface area contributed by atoms with Crippen LogP contribution in [0.4, 0.5) is 0 Å². The number of thiol groups is 1. The Morgan fingerprint density at radius 2 is 1.47 bits per heavy atom. The summed E-state index contributed by atoms with van der Waals surface area (Å²) in [6.07, 6.45) is 2.11. The molecule has 7 N–H and O–H groups in total. The maximum Gasteiger partial charge on any atom is 0.362 e. The van der Waals surface area contributed by atoms with Crippen LogP contribution < -0.4 is 16.5 Å². The van der Waals surface area contributed by atoms with Crippen molar-refractivity contribution in [2.75, 3.05) is 6.61 Å². The maximum absolute atomic E-state index is 13.3. The lowest BCUT2D eigenvalue weighted by Crippen LogP contribution is -2.70. The van der Waals surface area contributed by atoms with Gasteiger partial charge in [0.2, 0.25) is 0 Å². The third-order valence-electron chi connectivity index (χ3n) is 6.85. The Morgan fingerprint density at radius 1 is 0.842 bits per heavy atom. The van der Waals surface area contributed by atoms with E-state index in [-0.39, 0.29) is 24.5 Å². The number of amides is 1. The summed E-state index contributed by atoms with van der Waals surface area (Å²) in [5.74, 6) is 0.192. The van der Waals surface area contributed by atoms with Crippen molar-refractivity contribution in [3.8, 4) is 11.1 Å². The molecule has 0 spiro atoms. The van der Waals surface area contributed by atoms with Gasteiger partial charge in [-0.1, -0.05) is 66.7 Å². The zero-order valence-electron chi connectivity index (χ0n) is 21.4. The molecule has 2 atom stereocenters. The van der Waals surface area contributed by atoms with Crippen LogP contribution in [0.25, 0.3) is 11.1 Å². The molecule has 6 heteroatoms. The van der Waals surface area contributed by atoms with Crippen molar-refractivity contribution in [3.05, 3.63) is 125 Å². The van der Waals surface area contributed by atoms with Crippen molar-refractivity contribution < 1.29 is 21.0 Å². The fourth-order valence-corrected chi connectivity index (χ4v) is 4.80. The smallest absolute Gasteiger partial charge is 0.362 e. The van der Waals surface area contributed by atoms with Gasteiger partial charge in [-0.2, -0.15) is 0 Å². The lowest BCUT2D eigenvalue weighted by atomic mass is 9.88. The largest absolute Gasteiger partial charge is 0.396 e. The highest BCUT2D eigenvalue weighted by molar-refractivity contribution is 7.80. The Balaban J connectivity index is 1.52. The minimum Gasteiger partial charge on any atom is -0.396 e. The monoisotopic (exact) mass is 525 g/mol. The van der Waals surface area contributed by atoms with Crippen molar-refractivity contribution >= 4 is 24.4 Å².